The number of ether oxygens (including phenoxy) is 2. The summed E-state index contributed by atoms with van der Waals surface area (Å²) in [7, 11) is 0. The summed E-state index contributed by atoms with van der Waals surface area (Å²) in [6.07, 6.45) is -13.7. The number of hydrogen-bond donors (Lipinski definition) is 0. The smallest absolute Gasteiger partial charge is 0.431 e. The van der Waals surface area contributed by atoms with Crippen LogP contribution in [0, 0.1) is 0 Å². The zero-order valence-electron chi connectivity index (χ0n) is 7.78. The van der Waals surface area contributed by atoms with Crippen molar-refractivity contribution < 1.29 is 40.6 Å². The van der Waals surface area contributed by atoms with Crippen molar-refractivity contribution in [3.8, 4) is 0 Å². The van der Waals surface area contributed by atoms with Crippen LogP contribution in [0.1, 0.15) is 6.92 Å². The molecule has 16 heavy (non-hydrogen) atoms. The zero-order chi connectivity index (χ0) is 13.1. The van der Waals surface area contributed by atoms with Crippen LogP contribution in [0.3, 0.4) is 0 Å². The van der Waals surface area contributed by atoms with Crippen molar-refractivity contribution in [3.05, 3.63) is 12.4 Å². The van der Waals surface area contributed by atoms with E-state index in [1.807, 2.05) is 0 Å². The summed E-state index contributed by atoms with van der Waals surface area (Å²) in [6, 6.07) is 0. The molecule has 0 fully saturated rings. The maximum absolute atomic E-state index is 12.2. The zero-order valence-corrected chi connectivity index (χ0v) is 7.78. The minimum atomic E-state index is -5.96. The van der Waals surface area contributed by atoms with Gasteiger partial charge in [-0.2, -0.15) is 26.3 Å². The Labute approximate surface area is 85.6 Å². The molecule has 0 rings (SSSR count). The molecule has 1 atom stereocenters. The first-order valence-corrected chi connectivity index (χ1v) is 3.65. The molecule has 0 saturated heterocycles. The lowest BCUT2D eigenvalue weighted by molar-refractivity contribution is -0.417. The third-order valence-corrected chi connectivity index (χ3v) is 1.14. The normalized spacial score (nSPS) is 14.4. The van der Waals surface area contributed by atoms with Crippen LogP contribution in [-0.2, 0) is 14.3 Å². The van der Waals surface area contributed by atoms with Crippen molar-refractivity contribution in [2.45, 2.75) is 25.5 Å². The van der Waals surface area contributed by atoms with E-state index in [4.69, 9.17) is 0 Å². The largest absolute Gasteiger partial charge is 0.483 e. The molecule has 9 heteroatoms. The van der Waals surface area contributed by atoms with Gasteiger partial charge in [0.15, 0.2) is 0 Å². The Morgan fingerprint density at radius 1 is 1.25 bits per heavy atom. The van der Waals surface area contributed by atoms with E-state index in [0.29, 0.717) is 6.92 Å². The minimum absolute atomic E-state index is 0.570. The number of carbonyl (C=O) groups excluding carboxylic acids is 1. The second kappa shape index (κ2) is 4.73. The minimum Gasteiger partial charge on any atom is -0.431 e. The molecule has 0 aromatic heterocycles. The molecule has 0 heterocycles. The lowest BCUT2D eigenvalue weighted by Gasteiger charge is -2.22. The van der Waals surface area contributed by atoms with E-state index in [9.17, 15) is 31.1 Å². The van der Waals surface area contributed by atoms with Crippen molar-refractivity contribution >= 4 is 5.97 Å². The van der Waals surface area contributed by atoms with E-state index in [2.05, 4.69) is 16.1 Å². The highest BCUT2D eigenvalue weighted by Gasteiger charge is 2.60. The van der Waals surface area contributed by atoms with Gasteiger partial charge in [0, 0.05) is 0 Å². The van der Waals surface area contributed by atoms with Gasteiger partial charge >= 0.3 is 18.3 Å². The molecular weight excluding hydrogens is 246 g/mol. The van der Waals surface area contributed by atoms with E-state index >= 15 is 0 Å². The Hall–Kier alpha value is -1.25. The second-order valence-corrected chi connectivity index (χ2v) is 2.51. The fraction of sp³-hybridized carbons (Fsp3) is 0.571. The van der Waals surface area contributed by atoms with Crippen molar-refractivity contribution in [2.75, 3.05) is 0 Å². The molecule has 0 aliphatic carbocycles. The van der Waals surface area contributed by atoms with Crippen LogP contribution in [0.5, 0.6) is 0 Å². The maximum Gasteiger partial charge on any atom is 0.483 e. The quantitative estimate of drug-likeness (QED) is 0.334. The average Bonchev–Trinajstić information content (AvgIpc) is 1.99. The molecule has 0 saturated carbocycles. The van der Waals surface area contributed by atoms with Gasteiger partial charge in [-0.25, -0.2) is 4.79 Å². The Balaban J connectivity index is 4.41. The number of rotatable bonds is 4. The predicted molar refractivity (Wildman–Crippen MR) is 37.9 cm³/mol. The molecule has 0 aromatic rings. The molecule has 1 unspecified atom stereocenters. The Morgan fingerprint density at radius 3 is 2.00 bits per heavy atom. The Morgan fingerprint density at radius 2 is 1.69 bits per heavy atom. The molecule has 3 nitrogen and oxygen atoms in total. The van der Waals surface area contributed by atoms with Gasteiger partial charge in [-0.3, -0.25) is 4.74 Å². The van der Waals surface area contributed by atoms with Crippen molar-refractivity contribution in [2.24, 2.45) is 0 Å². The highest BCUT2D eigenvalue weighted by Crippen LogP contribution is 2.37. The van der Waals surface area contributed by atoms with Crippen molar-refractivity contribution in [1.82, 2.24) is 0 Å². The van der Waals surface area contributed by atoms with Gasteiger partial charge in [0.25, 0.3) is 0 Å². The average molecular weight is 252 g/mol. The highest BCUT2D eigenvalue weighted by atomic mass is 19.4. The molecule has 0 bridgehead atoms. The van der Waals surface area contributed by atoms with Gasteiger partial charge in [0.2, 0.25) is 12.1 Å². The molecular formula is C7H6F6O3. The number of halogens is 6. The van der Waals surface area contributed by atoms with E-state index in [0.717, 1.165) is 0 Å². The number of alkyl halides is 5. The first-order valence-electron chi connectivity index (χ1n) is 3.65. The summed E-state index contributed by atoms with van der Waals surface area (Å²) < 4.78 is 77.9. The number of carbonyl (C=O) groups is 1. The lowest BCUT2D eigenvalue weighted by Crippen LogP contribution is -2.42. The van der Waals surface area contributed by atoms with E-state index < -0.39 is 30.4 Å². The fourth-order valence-corrected chi connectivity index (χ4v) is 0.514. The van der Waals surface area contributed by atoms with Crippen molar-refractivity contribution in [3.63, 3.8) is 0 Å². The topological polar surface area (TPSA) is 35.5 Å². The van der Waals surface area contributed by atoms with Gasteiger partial charge in [0.05, 0.1) is 0 Å². The first-order chi connectivity index (χ1) is 6.97. The summed E-state index contributed by atoms with van der Waals surface area (Å²) in [5, 5.41) is 0. The molecule has 0 amide bonds. The summed E-state index contributed by atoms with van der Waals surface area (Å²) in [5.74, 6) is -3.43. The molecule has 0 aliphatic rings. The van der Waals surface area contributed by atoms with Crippen LogP contribution in [0.4, 0.5) is 26.3 Å². The standard InChI is InChI=1S/C7H6F6O3/c1-3(8)5(14)15-4(2)16-7(12,13)6(9,10)11/h4H,1H2,2H3. The predicted octanol–water partition coefficient (Wildman–Crippen LogP) is 2.53. The van der Waals surface area contributed by atoms with Crippen LogP contribution >= 0.6 is 0 Å². The van der Waals surface area contributed by atoms with Gasteiger partial charge < -0.3 is 4.74 Å². The number of hydrogen-bond acceptors (Lipinski definition) is 3. The Bertz CT molecular complexity index is 284. The number of esters is 1. The SMILES string of the molecule is C=C(F)C(=O)OC(C)OC(F)(F)C(F)(F)F. The third-order valence-electron chi connectivity index (χ3n) is 1.14. The van der Waals surface area contributed by atoms with Crippen LogP contribution in [0.2, 0.25) is 0 Å². The monoisotopic (exact) mass is 252 g/mol. The molecule has 0 aromatic carbocycles. The molecule has 0 aliphatic heterocycles. The van der Waals surface area contributed by atoms with Crippen molar-refractivity contribution in [1.29, 1.82) is 0 Å². The van der Waals surface area contributed by atoms with Crippen LogP contribution < -0.4 is 0 Å². The van der Waals surface area contributed by atoms with Crippen LogP contribution in [0.25, 0.3) is 0 Å². The summed E-state index contributed by atoms with van der Waals surface area (Å²) in [6.45, 7) is 3.02. The second-order valence-electron chi connectivity index (χ2n) is 2.51. The van der Waals surface area contributed by atoms with Gasteiger partial charge in [-0.15, -0.1) is 0 Å². The van der Waals surface area contributed by atoms with Crippen LogP contribution in [-0.4, -0.2) is 24.5 Å². The van der Waals surface area contributed by atoms with Gasteiger partial charge in [-0.05, 0) is 6.92 Å². The van der Waals surface area contributed by atoms with E-state index in [1.165, 1.54) is 0 Å². The molecule has 0 radical (unpaired) electrons. The molecule has 94 valence electrons. The van der Waals surface area contributed by atoms with E-state index in [1.54, 1.807) is 0 Å². The van der Waals surface area contributed by atoms with Gasteiger partial charge in [0.1, 0.15) is 0 Å². The third kappa shape index (κ3) is 4.09. The summed E-state index contributed by atoms with van der Waals surface area (Å²) >= 11 is 0. The highest BCUT2D eigenvalue weighted by molar-refractivity contribution is 5.85. The first kappa shape index (κ1) is 14.8. The maximum atomic E-state index is 12.2. The summed E-state index contributed by atoms with van der Waals surface area (Å²) in [4.78, 5) is 10.4. The fourth-order valence-electron chi connectivity index (χ4n) is 0.514. The molecule has 0 N–H and O–H groups in total. The Kier molecular flexibility index (Phi) is 4.36. The van der Waals surface area contributed by atoms with Crippen LogP contribution in [0.15, 0.2) is 12.4 Å². The summed E-state index contributed by atoms with van der Waals surface area (Å²) in [5.41, 5.74) is 0. The van der Waals surface area contributed by atoms with Gasteiger partial charge in [-0.1, -0.05) is 6.58 Å². The lowest BCUT2D eigenvalue weighted by atomic mass is 10.5. The molecule has 0 spiro atoms. The van der Waals surface area contributed by atoms with E-state index in [-0.39, 0.29) is 0 Å².